The number of rotatable bonds is 8. The Balaban J connectivity index is 1.46. The molecule has 1 heterocycles. The van der Waals surface area contributed by atoms with Crippen LogP contribution in [0.3, 0.4) is 0 Å². The van der Waals surface area contributed by atoms with Gasteiger partial charge in [-0.2, -0.15) is 4.68 Å². The second kappa shape index (κ2) is 10.2. The quantitative estimate of drug-likeness (QED) is 0.407. The van der Waals surface area contributed by atoms with Crippen molar-refractivity contribution in [1.29, 1.82) is 0 Å². The predicted molar refractivity (Wildman–Crippen MR) is 127 cm³/mol. The van der Waals surface area contributed by atoms with Crippen LogP contribution in [0.5, 0.6) is 0 Å². The van der Waals surface area contributed by atoms with Crippen LogP contribution in [-0.2, 0) is 11.2 Å². The van der Waals surface area contributed by atoms with Crippen LogP contribution in [-0.4, -0.2) is 31.9 Å². The van der Waals surface area contributed by atoms with Crippen LogP contribution in [0.1, 0.15) is 28.3 Å². The zero-order valence-electron chi connectivity index (χ0n) is 18.1. The number of carbonyl (C=O) groups is 1. The Labute approximate surface area is 192 Å². The standard InChI is InChI=1S/C25H25N5OS/c1-18-10-9-11-19(2)24(18)30-25(27-28-29-30)32-17-23(31)26-22(21-14-7-4-8-15-21)16-20-12-5-3-6-13-20/h3-15,22H,16-17H2,1-2H3,(H,26,31). The van der Waals surface area contributed by atoms with Crippen molar-refractivity contribution in [3.05, 3.63) is 101 Å². The van der Waals surface area contributed by atoms with E-state index in [9.17, 15) is 4.79 Å². The maximum atomic E-state index is 12.9. The van der Waals surface area contributed by atoms with E-state index in [1.807, 2.05) is 80.6 Å². The highest BCUT2D eigenvalue weighted by molar-refractivity contribution is 7.99. The van der Waals surface area contributed by atoms with Crippen LogP contribution in [0.15, 0.2) is 84.0 Å². The van der Waals surface area contributed by atoms with E-state index in [0.29, 0.717) is 5.16 Å². The second-order valence-corrected chi connectivity index (χ2v) is 8.57. The summed E-state index contributed by atoms with van der Waals surface area (Å²) < 4.78 is 1.71. The molecule has 0 aliphatic heterocycles. The molecule has 0 saturated carbocycles. The van der Waals surface area contributed by atoms with Crippen molar-refractivity contribution in [3.63, 3.8) is 0 Å². The van der Waals surface area contributed by atoms with Crippen molar-refractivity contribution >= 4 is 17.7 Å². The predicted octanol–water partition coefficient (Wildman–Crippen LogP) is 4.47. The fourth-order valence-corrected chi connectivity index (χ4v) is 4.39. The third-order valence-electron chi connectivity index (χ3n) is 5.24. The number of nitrogens with one attached hydrogen (secondary N) is 1. The summed E-state index contributed by atoms with van der Waals surface area (Å²) in [6.07, 6.45) is 0.724. The molecule has 4 rings (SSSR count). The molecular formula is C25H25N5OS. The van der Waals surface area contributed by atoms with Gasteiger partial charge >= 0.3 is 0 Å². The third-order valence-corrected chi connectivity index (χ3v) is 6.16. The van der Waals surface area contributed by atoms with E-state index >= 15 is 0 Å². The first-order chi connectivity index (χ1) is 15.6. The molecular weight excluding hydrogens is 418 g/mol. The lowest BCUT2D eigenvalue weighted by molar-refractivity contribution is -0.119. The van der Waals surface area contributed by atoms with Gasteiger partial charge in [-0.05, 0) is 52.9 Å². The Morgan fingerprint density at radius 2 is 1.59 bits per heavy atom. The van der Waals surface area contributed by atoms with Crippen LogP contribution in [0, 0.1) is 13.8 Å². The van der Waals surface area contributed by atoms with E-state index in [0.717, 1.165) is 28.8 Å². The van der Waals surface area contributed by atoms with Gasteiger partial charge in [-0.1, -0.05) is 90.6 Å². The van der Waals surface area contributed by atoms with E-state index in [1.54, 1.807) is 4.68 Å². The number of tetrazole rings is 1. The molecule has 0 aliphatic carbocycles. The Morgan fingerprint density at radius 3 is 2.28 bits per heavy atom. The van der Waals surface area contributed by atoms with Gasteiger partial charge in [0.1, 0.15) is 0 Å². The minimum absolute atomic E-state index is 0.0594. The zero-order chi connectivity index (χ0) is 22.3. The molecule has 162 valence electrons. The molecule has 3 aromatic carbocycles. The maximum absolute atomic E-state index is 12.9. The van der Waals surface area contributed by atoms with Crippen molar-refractivity contribution in [2.75, 3.05) is 5.75 Å². The number of hydrogen-bond donors (Lipinski definition) is 1. The Morgan fingerprint density at radius 1 is 0.938 bits per heavy atom. The topological polar surface area (TPSA) is 72.7 Å². The average Bonchev–Trinajstić information content (AvgIpc) is 3.26. The molecule has 0 aliphatic rings. The number of para-hydroxylation sites is 1. The van der Waals surface area contributed by atoms with Crippen LogP contribution in [0.2, 0.25) is 0 Å². The van der Waals surface area contributed by atoms with E-state index in [1.165, 1.54) is 17.3 Å². The molecule has 0 bridgehead atoms. The van der Waals surface area contributed by atoms with Crippen molar-refractivity contribution in [2.45, 2.75) is 31.5 Å². The summed E-state index contributed by atoms with van der Waals surface area (Å²) in [4.78, 5) is 12.9. The van der Waals surface area contributed by atoms with Gasteiger partial charge in [0.2, 0.25) is 11.1 Å². The Hall–Kier alpha value is -3.45. The summed E-state index contributed by atoms with van der Waals surface area (Å²) in [5.41, 5.74) is 5.36. The molecule has 0 fully saturated rings. The summed E-state index contributed by atoms with van der Waals surface area (Å²) in [7, 11) is 0. The fraction of sp³-hybridized carbons (Fsp3) is 0.200. The molecule has 1 N–H and O–H groups in total. The summed E-state index contributed by atoms with van der Waals surface area (Å²) in [5, 5.41) is 15.9. The SMILES string of the molecule is Cc1cccc(C)c1-n1nnnc1SCC(=O)NC(Cc1ccccc1)c1ccccc1. The van der Waals surface area contributed by atoms with E-state index in [-0.39, 0.29) is 17.7 Å². The third kappa shape index (κ3) is 5.23. The molecule has 0 saturated heterocycles. The number of hydrogen-bond acceptors (Lipinski definition) is 5. The van der Waals surface area contributed by atoms with Crippen LogP contribution in [0.4, 0.5) is 0 Å². The molecule has 7 heteroatoms. The normalized spacial score (nSPS) is 11.8. The number of nitrogens with zero attached hydrogens (tertiary/aromatic N) is 4. The van der Waals surface area contributed by atoms with Crippen LogP contribution in [0.25, 0.3) is 5.69 Å². The van der Waals surface area contributed by atoms with Gasteiger partial charge in [-0.3, -0.25) is 4.79 Å². The largest absolute Gasteiger partial charge is 0.348 e. The molecule has 32 heavy (non-hydrogen) atoms. The first-order valence-corrected chi connectivity index (χ1v) is 11.5. The first-order valence-electron chi connectivity index (χ1n) is 10.5. The average molecular weight is 444 g/mol. The van der Waals surface area contributed by atoms with E-state index in [2.05, 4.69) is 33.0 Å². The summed E-state index contributed by atoms with van der Waals surface area (Å²) >= 11 is 1.33. The highest BCUT2D eigenvalue weighted by Crippen LogP contribution is 2.24. The molecule has 1 unspecified atom stereocenters. The summed E-state index contributed by atoms with van der Waals surface area (Å²) in [6, 6.07) is 26.2. The zero-order valence-corrected chi connectivity index (χ0v) is 18.9. The molecule has 6 nitrogen and oxygen atoms in total. The maximum Gasteiger partial charge on any atom is 0.230 e. The molecule has 0 radical (unpaired) electrons. The van der Waals surface area contributed by atoms with Crippen molar-refractivity contribution in [2.24, 2.45) is 0 Å². The summed E-state index contributed by atoms with van der Waals surface area (Å²) in [5.74, 6) is 0.166. The number of amides is 1. The van der Waals surface area contributed by atoms with Crippen LogP contribution < -0.4 is 5.32 Å². The Bertz CT molecular complexity index is 1160. The summed E-state index contributed by atoms with van der Waals surface area (Å²) in [6.45, 7) is 4.05. The highest BCUT2D eigenvalue weighted by atomic mass is 32.2. The molecule has 1 atom stereocenters. The smallest absolute Gasteiger partial charge is 0.230 e. The van der Waals surface area contributed by atoms with Gasteiger partial charge in [0.25, 0.3) is 0 Å². The highest BCUT2D eigenvalue weighted by Gasteiger charge is 2.18. The minimum atomic E-state index is -0.110. The lowest BCUT2D eigenvalue weighted by Crippen LogP contribution is -2.31. The first kappa shape index (κ1) is 21.8. The van der Waals surface area contributed by atoms with Crippen molar-refractivity contribution in [1.82, 2.24) is 25.5 Å². The van der Waals surface area contributed by atoms with E-state index < -0.39 is 0 Å². The van der Waals surface area contributed by atoms with Gasteiger partial charge in [-0.25, -0.2) is 0 Å². The molecule has 1 amide bonds. The van der Waals surface area contributed by atoms with Gasteiger partial charge in [0.15, 0.2) is 0 Å². The molecule has 1 aromatic heterocycles. The molecule has 0 spiro atoms. The fourth-order valence-electron chi connectivity index (χ4n) is 3.70. The molecule has 4 aromatic rings. The van der Waals surface area contributed by atoms with Gasteiger partial charge in [0, 0.05) is 0 Å². The number of aryl methyl sites for hydroxylation is 2. The number of thioether (sulfide) groups is 1. The van der Waals surface area contributed by atoms with E-state index in [4.69, 9.17) is 0 Å². The number of aromatic nitrogens is 4. The van der Waals surface area contributed by atoms with Gasteiger partial charge in [0.05, 0.1) is 17.5 Å². The van der Waals surface area contributed by atoms with Crippen molar-refractivity contribution in [3.8, 4) is 5.69 Å². The minimum Gasteiger partial charge on any atom is -0.348 e. The lowest BCUT2D eigenvalue weighted by atomic mass is 9.99. The van der Waals surface area contributed by atoms with Crippen LogP contribution >= 0.6 is 11.8 Å². The lowest BCUT2D eigenvalue weighted by Gasteiger charge is -2.19. The Kier molecular flexibility index (Phi) is 6.97. The van der Waals surface area contributed by atoms with Gasteiger partial charge < -0.3 is 5.32 Å². The van der Waals surface area contributed by atoms with Crippen molar-refractivity contribution < 1.29 is 4.79 Å². The van der Waals surface area contributed by atoms with Gasteiger partial charge in [-0.15, -0.1) is 5.10 Å². The number of benzene rings is 3. The second-order valence-electron chi connectivity index (χ2n) is 7.62. The monoisotopic (exact) mass is 443 g/mol. The number of carbonyl (C=O) groups excluding carboxylic acids is 1.